The first-order valence-corrected chi connectivity index (χ1v) is 15.3. The number of halogens is 1. The molecule has 1 aliphatic rings. The molecule has 2 rings (SSSR count). The molecule has 0 fully saturated rings. The van der Waals surface area contributed by atoms with Gasteiger partial charge in [0.2, 0.25) is 0 Å². The fraction of sp³-hybridized carbons (Fsp3) is 0.667. The SMILES string of the molecule is CCOC1=C(CC)P1(=Nc1c(C(C)(C)C)cc(C(C)(C)C)cc1C(C)(C)C)/C(CC)=C(/Cl)OCC. The van der Waals surface area contributed by atoms with Crippen LogP contribution in [-0.2, 0) is 25.7 Å². The van der Waals surface area contributed by atoms with Gasteiger partial charge in [0.1, 0.15) is 5.50 Å². The van der Waals surface area contributed by atoms with Crippen molar-refractivity contribution in [3.8, 4) is 0 Å². The number of benzene rings is 1. The number of ether oxygens (including phenoxy) is 2. The van der Waals surface area contributed by atoms with Crippen molar-refractivity contribution in [2.24, 2.45) is 4.74 Å². The van der Waals surface area contributed by atoms with E-state index in [1.807, 2.05) is 13.8 Å². The van der Waals surface area contributed by atoms with Crippen LogP contribution in [0.25, 0.3) is 0 Å². The Labute approximate surface area is 220 Å². The molecule has 0 bridgehead atoms. The molecule has 1 aromatic rings. The zero-order chi connectivity index (χ0) is 27.0. The molecule has 1 aliphatic heterocycles. The van der Waals surface area contributed by atoms with Gasteiger partial charge < -0.3 is 9.47 Å². The highest BCUT2D eigenvalue weighted by atomic mass is 35.5. The maximum atomic E-state index is 6.81. The van der Waals surface area contributed by atoms with Crippen molar-refractivity contribution >= 4 is 24.3 Å². The molecule has 1 unspecified atom stereocenters. The van der Waals surface area contributed by atoms with Crippen LogP contribution in [0.1, 0.15) is 120 Å². The average Bonchev–Trinajstić information content (AvgIpc) is 3.31. The number of nitrogens with zero attached hydrogens (tertiary/aromatic N) is 1. The van der Waals surface area contributed by atoms with E-state index in [1.165, 1.54) is 22.0 Å². The Kier molecular flexibility index (Phi) is 9.16. The van der Waals surface area contributed by atoms with E-state index in [4.69, 9.17) is 25.8 Å². The van der Waals surface area contributed by atoms with Crippen LogP contribution in [0.4, 0.5) is 5.69 Å². The van der Waals surface area contributed by atoms with Crippen LogP contribution in [0.15, 0.2) is 38.2 Å². The summed E-state index contributed by atoms with van der Waals surface area (Å²) in [5, 5.41) is 2.91. The predicted octanol–water partition coefficient (Wildman–Crippen LogP) is 10.9. The maximum Gasteiger partial charge on any atom is 0.192 e. The molecule has 0 aromatic heterocycles. The summed E-state index contributed by atoms with van der Waals surface area (Å²) in [5.41, 5.74) is 5.99. The van der Waals surface area contributed by atoms with Crippen LogP contribution in [0.2, 0.25) is 0 Å². The van der Waals surface area contributed by atoms with Crippen LogP contribution < -0.4 is 0 Å². The highest BCUT2D eigenvalue weighted by Gasteiger charge is 2.51. The van der Waals surface area contributed by atoms with E-state index >= 15 is 0 Å². The largest absolute Gasteiger partial charge is 0.491 e. The van der Waals surface area contributed by atoms with E-state index in [0.717, 1.165) is 29.3 Å². The zero-order valence-electron chi connectivity index (χ0n) is 24.6. The molecule has 5 heteroatoms. The van der Waals surface area contributed by atoms with E-state index in [2.05, 4.69) is 88.3 Å². The Balaban J connectivity index is 3.11. The summed E-state index contributed by atoms with van der Waals surface area (Å²) in [5.74, 6) is 0. The van der Waals surface area contributed by atoms with Crippen LogP contribution >= 0.6 is 18.7 Å². The monoisotopic (exact) mass is 521 g/mol. The zero-order valence-corrected chi connectivity index (χ0v) is 26.2. The first-order valence-electron chi connectivity index (χ1n) is 13.2. The molecule has 3 nitrogen and oxygen atoms in total. The van der Waals surface area contributed by atoms with Crippen LogP contribution in [0.3, 0.4) is 0 Å². The molecule has 35 heavy (non-hydrogen) atoms. The Morgan fingerprint density at radius 1 is 0.829 bits per heavy atom. The van der Waals surface area contributed by atoms with Crippen molar-refractivity contribution in [3.05, 3.63) is 50.2 Å². The predicted molar refractivity (Wildman–Crippen MR) is 155 cm³/mol. The van der Waals surface area contributed by atoms with Crippen molar-refractivity contribution in [1.82, 2.24) is 0 Å². The highest BCUT2D eigenvalue weighted by molar-refractivity contribution is 7.85. The molecule has 0 radical (unpaired) electrons. The molecule has 0 N–H and O–H groups in total. The number of hydrogen-bond donors (Lipinski definition) is 0. The van der Waals surface area contributed by atoms with Gasteiger partial charge in [-0.3, -0.25) is 4.74 Å². The summed E-state index contributed by atoms with van der Waals surface area (Å²) in [6.07, 6.45) is 1.69. The average molecular weight is 522 g/mol. The minimum atomic E-state index is -2.24. The summed E-state index contributed by atoms with van der Waals surface area (Å²) in [7, 11) is -2.24. The van der Waals surface area contributed by atoms with Crippen molar-refractivity contribution in [3.63, 3.8) is 0 Å². The summed E-state index contributed by atoms with van der Waals surface area (Å²) in [4.78, 5) is 0. The van der Waals surface area contributed by atoms with Gasteiger partial charge in [0.05, 0.1) is 26.0 Å². The molecule has 198 valence electrons. The van der Waals surface area contributed by atoms with Gasteiger partial charge in [-0.25, -0.2) is 0 Å². The molecule has 1 heterocycles. The Morgan fingerprint density at radius 3 is 1.69 bits per heavy atom. The molecular formula is C30H49ClNO2P. The fourth-order valence-corrected chi connectivity index (χ4v) is 9.18. The third-order valence-electron chi connectivity index (χ3n) is 6.56. The van der Waals surface area contributed by atoms with Crippen molar-refractivity contribution in [2.75, 3.05) is 13.2 Å². The van der Waals surface area contributed by atoms with Gasteiger partial charge in [-0.05, 0) is 71.2 Å². The third-order valence-corrected chi connectivity index (χ3v) is 10.9. The van der Waals surface area contributed by atoms with Gasteiger partial charge in [0.25, 0.3) is 0 Å². The molecule has 0 saturated carbocycles. The van der Waals surface area contributed by atoms with E-state index < -0.39 is 7.05 Å². The van der Waals surface area contributed by atoms with Crippen LogP contribution in [0.5, 0.6) is 0 Å². The molecule has 0 saturated heterocycles. The quantitative estimate of drug-likeness (QED) is 0.251. The van der Waals surface area contributed by atoms with E-state index in [0.29, 0.717) is 18.4 Å². The lowest BCUT2D eigenvalue weighted by molar-refractivity contribution is 0.252. The van der Waals surface area contributed by atoms with Gasteiger partial charge in [0.15, 0.2) is 5.22 Å². The van der Waals surface area contributed by atoms with E-state index in [9.17, 15) is 0 Å². The Morgan fingerprint density at radius 2 is 1.34 bits per heavy atom. The van der Waals surface area contributed by atoms with Gasteiger partial charge in [0, 0.05) is 10.6 Å². The van der Waals surface area contributed by atoms with Gasteiger partial charge in [-0.1, -0.05) is 88.3 Å². The first kappa shape index (κ1) is 30.0. The second-order valence-electron chi connectivity index (χ2n) is 12.5. The smallest absolute Gasteiger partial charge is 0.192 e. The molecule has 0 amide bonds. The summed E-state index contributed by atoms with van der Waals surface area (Å²) >= 11 is 6.81. The Bertz CT molecular complexity index is 1020. The summed E-state index contributed by atoms with van der Waals surface area (Å²) in [6.45, 7) is 30.2. The van der Waals surface area contributed by atoms with Crippen molar-refractivity contribution in [1.29, 1.82) is 0 Å². The summed E-state index contributed by atoms with van der Waals surface area (Å²) in [6, 6.07) is 4.78. The molecule has 1 aromatic carbocycles. The topological polar surface area (TPSA) is 30.8 Å². The minimum absolute atomic E-state index is 0.0427. The molecule has 0 aliphatic carbocycles. The summed E-state index contributed by atoms with van der Waals surface area (Å²) < 4.78 is 17.9. The fourth-order valence-electron chi connectivity index (χ4n) is 4.58. The van der Waals surface area contributed by atoms with Gasteiger partial charge in [-0.2, -0.15) is 0 Å². The normalized spacial score (nSPS) is 19.5. The molecular weight excluding hydrogens is 473 g/mol. The standard InChI is InChI=1S/C30H49ClNO2P/c1-14-23(26(31)33-16-3)35(24(15-2)27(35)34-17-4)32-25-21(29(8,9)10)18-20(28(5,6)7)19-22(25)30(11,12)13/h18-19H,14-17H2,1-13H3/b26-23-. The van der Waals surface area contributed by atoms with Gasteiger partial charge >= 0.3 is 0 Å². The van der Waals surface area contributed by atoms with Crippen molar-refractivity contribution in [2.45, 2.75) is 119 Å². The maximum absolute atomic E-state index is 6.81. The number of hydrogen-bond acceptors (Lipinski definition) is 3. The molecule has 0 spiro atoms. The minimum Gasteiger partial charge on any atom is -0.491 e. The van der Waals surface area contributed by atoms with Crippen LogP contribution in [0, 0.1) is 0 Å². The highest BCUT2D eigenvalue weighted by Crippen LogP contribution is 2.87. The molecule has 1 atom stereocenters. The van der Waals surface area contributed by atoms with Gasteiger partial charge in [-0.15, -0.1) is 0 Å². The first-order chi connectivity index (χ1) is 16.0. The number of allylic oxidation sites excluding steroid dienone is 2. The second kappa shape index (κ2) is 10.7. The lowest BCUT2D eigenvalue weighted by atomic mass is 9.74. The third kappa shape index (κ3) is 6.04. The van der Waals surface area contributed by atoms with E-state index in [-0.39, 0.29) is 16.2 Å². The second-order valence-corrected chi connectivity index (χ2v) is 15.8. The van der Waals surface area contributed by atoms with E-state index in [1.54, 1.807) is 0 Å². The van der Waals surface area contributed by atoms with Crippen LogP contribution in [-0.4, -0.2) is 13.2 Å². The van der Waals surface area contributed by atoms with Crippen molar-refractivity contribution < 1.29 is 9.47 Å². The lowest BCUT2D eigenvalue weighted by Gasteiger charge is -2.32. The number of rotatable bonds is 8. The Hall–Kier alpha value is -1.18. The lowest BCUT2D eigenvalue weighted by Crippen LogP contribution is -2.21.